The van der Waals surface area contributed by atoms with Crippen molar-refractivity contribution in [2.45, 2.75) is 11.3 Å². The van der Waals surface area contributed by atoms with Gasteiger partial charge in [0.2, 0.25) is 11.8 Å². The lowest BCUT2D eigenvalue weighted by Gasteiger charge is -2.52. The third-order valence-corrected chi connectivity index (χ3v) is 8.59. The van der Waals surface area contributed by atoms with Crippen molar-refractivity contribution in [3.05, 3.63) is 135 Å². The van der Waals surface area contributed by atoms with Crippen molar-refractivity contribution in [2.24, 2.45) is 16.9 Å². The molecule has 8 rings (SSSR count). The Bertz CT molecular complexity index is 1820. The van der Waals surface area contributed by atoms with Gasteiger partial charge in [-0.05, 0) is 40.5 Å². The number of phenolic OH excluding ortho intramolecular Hbond substituents is 1. The van der Waals surface area contributed by atoms with E-state index in [9.17, 15) is 29.6 Å². The van der Waals surface area contributed by atoms with E-state index < -0.39 is 45.8 Å². The molecule has 0 aromatic heterocycles. The van der Waals surface area contributed by atoms with E-state index in [1.165, 1.54) is 36.5 Å². The maximum absolute atomic E-state index is 14.4. The summed E-state index contributed by atoms with van der Waals surface area (Å²) in [6.07, 6.45) is 1.49. The molecule has 10 nitrogen and oxygen atoms in total. The average Bonchev–Trinajstić information content (AvgIpc) is 3.27. The molecule has 1 heterocycles. The van der Waals surface area contributed by atoms with Crippen LogP contribution in [0.25, 0.3) is 0 Å². The molecule has 2 atom stereocenters. The van der Waals surface area contributed by atoms with Crippen molar-refractivity contribution in [1.82, 2.24) is 5.43 Å². The molecule has 10 heteroatoms. The van der Waals surface area contributed by atoms with Crippen LogP contribution in [-0.4, -0.2) is 34.0 Å². The predicted octanol–water partition coefficient (Wildman–Crippen LogP) is 4.27. The molecule has 3 aliphatic carbocycles. The quantitative estimate of drug-likeness (QED) is 0.162. The number of hydrogen-bond acceptors (Lipinski definition) is 7. The summed E-state index contributed by atoms with van der Waals surface area (Å²) in [6.45, 7) is 0. The molecular formula is C32H22N4O6. The Morgan fingerprint density at radius 2 is 1.48 bits per heavy atom. The number of nitro benzene ring substituents is 1. The molecule has 1 saturated heterocycles. The summed E-state index contributed by atoms with van der Waals surface area (Å²) in [4.78, 5) is 53.8. The van der Waals surface area contributed by atoms with Crippen LogP contribution in [0.3, 0.4) is 0 Å². The van der Waals surface area contributed by atoms with Gasteiger partial charge in [0.1, 0.15) is 11.4 Å². The summed E-state index contributed by atoms with van der Waals surface area (Å²) < 4.78 is 0. The lowest BCUT2D eigenvalue weighted by molar-refractivity contribution is -0.384. The fraction of sp³-hybridized carbons (Fsp3) is 0.125. The number of imide groups is 1. The van der Waals surface area contributed by atoms with Crippen LogP contribution in [0.2, 0.25) is 0 Å². The van der Waals surface area contributed by atoms with E-state index in [1.807, 2.05) is 48.5 Å². The molecule has 4 aliphatic rings. The fourth-order valence-electron chi connectivity index (χ4n) is 7.01. The van der Waals surface area contributed by atoms with Gasteiger partial charge >= 0.3 is 0 Å². The molecule has 206 valence electrons. The highest BCUT2D eigenvalue weighted by atomic mass is 16.6. The normalized spacial score (nSPS) is 23.4. The van der Waals surface area contributed by atoms with Crippen LogP contribution in [-0.2, 0) is 15.0 Å². The van der Waals surface area contributed by atoms with E-state index in [1.54, 1.807) is 18.2 Å². The first-order valence-corrected chi connectivity index (χ1v) is 13.3. The minimum Gasteiger partial charge on any atom is -0.507 e. The Kier molecular flexibility index (Phi) is 5.55. The topological polar surface area (TPSA) is 142 Å². The highest BCUT2D eigenvalue weighted by Crippen LogP contribution is 2.63. The molecule has 4 aromatic carbocycles. The van der Waals surface area contributed by atoms with Gasteiger partial charge in [0.15, 0.2) is 0 Å². The zero-order valence-corrected chi connectivity index (χ0v) is 21.9. The number of hydrogen-bond donors (Lipinski definition) is 2. The first-order valence-electron chi connectivity index (χ1n) is 13.3. The zero-order chi connectivity index (χ0) is 29.2. The summed E-state index contributed by atoms with van der Waals surface area (Å²) in [5.74, 6) is -4.27. The van der Waals surface area contributed by atoms with Crippen LogP contribution < -0.4 is 10.3 Å². The summed E-state index contributed by atoms with van der Waals surface area (Å²) in [6, 6.07) is 26.8. The smallest absolute Gasteiger partial charge is 0.293 e. The standard InChI is InChI=1S/C32H22N4O6/c37-25-16-8-3-11-20(25)29(38)34-33-17-32-21-12-4-1-9-18(21)26(19-10-2-5-13-22(19)32)27-28(32)31(40)35(30(27)39)23-14-6-7-15-24(23)36(41)42/h1-17,26-28,37H,(H,34,38)/b33-17-/t26?,27-,28-,32?/m1/s1. The number of carbonyl (C=O) groups excluding carboxylic acids is 3. The summed E-state index contributed by atoms with van der Waals surface area (Å²) >= 11 is 0. The van der Waals surface area contributed by atoms with Crippen LogP contribution in [0.5, 0.6) is 5.75 Å². The molecule has 4 aromatic rings. The van der Waals surface area contributed by atoms with Crippen LogP contribution in [0.15, 0.2) is 102 Å². The average molecular weight is 559 g/mol. The van der Waals surface area contributed by atoms with Crippen LogP contribution in [0.1, 0.15) is 38.5 Å². The van der Waals surface area contributed by atoms with E-state index in [0.29, 0.717) is 0 Å². The summed E-state index contributed by atoms with van der Waals surface area (Å²) in [5, 5.41) is 26.3. The van der Waals surface area contributed by atoms with Gasteiger partial charge in [0, 0.05) is 18.2 Å². The lowest BCUT2D eigenvalue weighted by atomic mass is 9.47. The number of nitrogens with zero attached hydrogens (tertiary/aromatic N) is 3. The summed E-state index contributed by atoms with van der Waals surface area (Å²) in [7, 11) is 0. The number of nitro groups is 1. The molecule has 0 radical (unpaired) electrons. The Morgan fingerprint density at radius 3 is 2.14 bits per heavy atom. The molecule has 2 N–H and O–H groups in total. The third-order valence-electron chi connectivity index (χ3n) is 8.59. The van der Waals surface area contributed by atoms with Crippen LogP contribution in [0.4, 0.5) is 11.4 Å². The number of anilines is 1. The van der Waals surface area contributed by atoms with Crippen molar-refractivity contribution < 1.29 is 24.4 Å². The SMILES string of the molecule is O=C(N/N=C\C12c3ccccc3C(c3ccccc31)[C@H]1C(=O)N(c3ccccc3[N+](=O)[O-])C(=O)[C@@H]12)c1ccccc1O. The van der Waals surface area contributed by atoms with E-state index in [2.05, 4.69) is 10.5 Å². The van der Waals surface area contributed by atoms with Gasteiger partial charge in [-0.3, -0.25) is 24.5 Å². The number of amides is 3. The Morgan fingerprint density at radius 1 is 0.881 bits per heavy atom. The highest BCUT2D eigenvalue weighted by Gasteiger charge is 2.68. The Labute approximate surface area is 239 Å². The van der Waals surface area contributed by atoms with Crippen LogP contribution in [0, 0.1) is 22.0 Å². The third kappa shape index (κ3) is 3.32. The van der Waals surface area contributed by atoms with Gasteiger partial charge in [-0.1, -0.05) is 72.8 Å². The van der Waals surface area contributed by atoms with E-state index >= 15 is 0 Å². The molecule has 42 heavy (non-hydrogen) atoms. The number of benzene rings is 4. The Hall–Kier alpha value is -5.64. The van der Waals surface area contributed by atoms with E-state index in [0.717, 1.165) is 27.2 Å². The number of aromatic hydroxyl groups is 1. The van der Waals surface area contributed by atoms with E-state index in [-0.39, 0.29) is 22.7 Å². The molecule has 1 aliphatic heterocycles. The monoisotopic (exact) mass is 558 g/mol. The molecule has 2 bridgehead atoms. The summed E-state index contributed by atoms with van der Waals surface area (Å²) in [5.41, 5.74) is 4.01. The van der Waals surface area contributed by atoms with Crippen LogP contribution >= 0.6 is 0 Å². The zero-order valence-electron chi connectivity index (χ0n) is 21.9. The van der Waals surface area contributed by atoms with Gasteiger partial charge in [-0.15, -0.1) is 0 Å². The molecule has 3 amide bonds. The van der Waals surface area contributed by atoms with Gasteiger partial charge in [0.05, 0.1) is 27.7 Å². The van der Waals surface area contributed by atoms with Crippen molar-refractivity contribution >= 4 is 35.3 Å². The number of nitrogens with one attached hydrogen (secondary N) is 1. The maximum Gasteiger partial charge on any atom is 0.293 e. The lowest BCUT2D eigenvalue weighted by Crippen LogP contribution is -2.54. The first kappa shape index (κ1) is 25.3. The van der Waals surface area contributed by atoms with Gasteiger partial charge in [-0.25, -0.2) is 10.3 Å². The van der Waals surface area contributed by atoms with Gasteiger partial charge in [0.25, 0.3) is 11.6 Å². The maximum atomic E-state index is 14.4. The highest BCUT2D eigenvalue weighted by molar-refractivity contribution is 6.25. The van der Waals surface area contributed by atoms with Crippen molar-refractivity contribution in [3.8, 4) is 5.75 Å². The molecule has 1 fully saturated rings. The molecule has 0 saturated carbocycles. The number of phenols is 1. The minimum absolute atomic E-state index is 0.0212. The van der Waals surface area contributed by atoms with Gasteiger partial charge in [-0.2, -0.15) is 5.10 Å². The van der Waals surface area contributed by atoms with Crippen molar-refractivity contribution in [3.63, 3.8) is 0 Å². The fourth-order valence-corrected chi connectivity index (χ4v) is 7.01. The second-order valence-corrected chi connectivity index (χ2v) is 10.5. The van der Waals surface area contributed by atoms with E-state index in [4.69, 9.17) is 0 Å². The first-order chi connectivity index (χ1) is 20.4. The second kappa shape index (κ2) is 9.20. The second-order valence-electron chi connectivity index (χ2n) is 10.5. The predicted molar refractivity (Wildman–Crippen MR) is 152 cm³/mol. The van der Waals surface area contributed by atoms with Crippen molar-refractivity contribution in [1.29, 1.82) is 0 Å². The molecule has 0 spiro atoms. The Balaban J connectivity index is 1.42. The molecular weight excluding hydrogens is 536 g/mol. The number of carbonyl (C=O) groups is 3. The number of para-hydroxylation sites is 3. The largest absolute Gasteiger partial charge is 0.507 e. The number of hydrazone groups is 1. The van der Waals surface area contributed by atoms with Gasteiger partial charge < -0.3 is 5.11 Å². The van der Waals surface area contributed by atoms with Crippen molar-refractivity contribution in [2.75, 3.05) is 4.90 Å². The number of rotatable bonds is 5. The molecule has 0 unspecified atom stereocenters. The minimum atomic E-state index is -1.27.